The second kappa shape index (κ2) is 12.7. The summed E-state index contributed by atoms with van der Waals surface area (Å²) in [6.45, 7) is 6.91. The van der Waals surface area contributed by atoms with E-state index in [1.807, 2.05) is 51.1 Å². The number of carbonyl (C=O) groups is 4. The molecule has 0 aliphatic carbocycles. The molecule has 0 radical (unpaired) electrons. The molecule has 0 saturated heterocycles. The number of ether oxygens (including phenoxy) is 2. The maximum absolute atomic E-state index is 12.7. The fourth-order valence-electron chi connectivity index (χ4n) is 3.02. The molecule has 0 saturated carbocycles. The Morgan fingerprint density at radius 1 is 1.03 bits per heavy atom. The molecule has 8 nitrogen and oxygen atoms in total. The van der Waals surface area contributed by atoms with Crippen LogP contribution in [0.2, 0.25) is 0 Å². The van der Waals surface area contributed by atoms with E-state index in [0.29, 0.717) is 22.9 Å². The zero-order chi connectivity index (χ0) is 24.4. The van der Waals surface area contributed by atoms with Gasteiger partial charge in [-0.2, -0.15) is 0 Å². The van der Waals surface area contributed by atoms with Crippen molar-refractivity contribution < 1.29 is 28.7 Å². The molecule has 1 heterocycles. The molecule has 1 aromatic heterocycles. The third-order valence-corrected chi connectivity index (χ3v) is 5.64. The van der Waals surface area contributed by atoms with E-state index in [9.17, 15) is 19.2 Å². The van der Waals surface area contributed by atoms with Crippen molar-refractivity contribution in [2.24, 2.45) is 5.92 Å². The Morgan fingerprint density at radius 3 is 2.36 bits per heavy atom. The second-order valence-corrected chi connectivity index (χ2v) is 8.97. The molecule has 9 heteroatoms. The van der Waals surface area contributed by atoms with Gasteiger partial charge in [-0.25, -0.2) is 4.79 Å². The van der Waals surface area contributed by atoms with Crippen LogP contribution in [0.15, 0.2) is 30.3 Å². The molecule has 2 rings (SSSR count). The molecule has 0 bridgehead atoms. The van der Waals surface area contributed by atoms with Crippen LogP contribution in [0.4, 0.5) is 5.00 Å². The molecule has 1 aromatic carbocycles. The van der Waals surface area contributed by atoms with Crippen LogP contribution in [0.3, 0.4) is 0 Å². The Labute approximate surface area is 197 Å². The second-order valence-electron chi connectivity index (χ2n) is 7.74. The molecule has 2 amide bonds. The van der Waals surface area contributed by atoms with Crippen molar-refractivity contribution in [1.29, 1.82) is 0 Å². The topological polar surface area (TPSA) is 111 Å². The van der Waals surface area contributed by atoms with E-state index < -0.39 is 24.5 Å². The number of carbonyl (C=O) groups excluding carboxylic acids is 4. The number of hydrogen-bond acceptors (Lipinski definition) is 7. The van der Waals surface area contributed by atoms with Crippen molar-refractivity contribution in [3.05, 3.63) is 40.8 Å². The van der Waals surface area contributed by atoms with Crippen LogP contribution < -0.4 is 10.6 Å². The number of thiophene rings is 1. The third kappa shape index (κ3) is 8.02. The van der Waals surface area contributed by atoms with Gasteiger partial charge in [0, 0.05) is 16.9 Å². The van der Waals surface area contributed by atoms with Gasteiger partial charge in [0.2, 0.25) is 5.91 Å². The molecule has 0 fully saturated rings. The summed E-state index contributed by atoms with van der Waals surface area (Å²) >= 11 is 1.24. The molecular formula is C24H30N2O6S. The highest BCUT2D eigenvalue weighted by Crippen LogP contribution is 2.40. The quantitative estimate of drug-likeness (QED) is 0.478. The lowest BCUT2D eigenvalue weighted by Gasteiger charge is -2.10. The summed E-state index contributed by atoms with van der Waals surface area (Å²) in [6, 6.07) is 9.35. The van der Waals surface area contributed by atoms with Gasteiger partial charge in [-0.1, -0.05) is 44.2 Å². The minimum absolute atomic E-state index is 0.190. The lowest BCUT2D eigenvalue weighted by molar-refractivity contribution is -0.147. The average molecular weight is 475 g/mol. The Hall–Kier alpha value is -3.20. The Balaban J connectivity index is 2.02. The maximum Gasteiger partial charge on any atom is 0.341 e. The van der Waals surface area contributed by atoms with Crippen molar-refractivity contribution in [3.63, 3.8) is 0 Å². The number of benzene rings is 1. The van der Waals surface area contributed by atoms with Crippen molar-refractivity contribution in [2.45, 2.75) is 40.5 Å². The summed E-state index contributed by atoms with van der Waals surface area (Å²) in [6.07, 6.45) is 1.04. The van der Waals surface area contributed by atoms with Crippen molar-refractivity contribution in [1.82, 2.24) is 5.32 Å². The zero-order valence-corrected chi connectivity index (χ0v) is 20.2. The Kier molecular flexibility index (Phi) is 10.1. The van der Waals surface area contributed by atoms with Crippen LogP contribution in [0.1, 0.15) is 48.8 Å². The standard InChI is InChI=1S/C24H30N2O6S/c1-5-31-24(30)22-21(17-9-7-6-8-10-17)16(4)33-23(22)26-19(28)14-32-20(29)13-25-18(27)12-11-15(2)3/h6-10,15H,5,11-14H2,1-4H3,(H,25,27)(H,26,28). The van der Waals surface area contributed by atoms with E-state index in [1.54, 1.807) is 6.92 Å². The van der Waals surface area contributed by atoms with Gasteiger partial charge >= 0.3 is 11.9 Å². The first-order chi connectivity index (χ1) is 15.7. The molecular weight excluding hydrogens is 444 g/mol. The lowest BCUT2D eigenvalue weighted by Crippen LogP contribution is -2.32. The summed E-state index contributed by atoms with van der Waals surface area (Å²) in [5.74, 6) is -1.72. The fraction of sp³-hybridized carbons (Fsp3) is 0.417. The smallest absolute Gasteiger partial charge is 0.341 e. The molecule has 0 spiro atoms. The first-order valence-corrected chi connectivity index (χ1v) is 11.6. The first kappa shape index (κ1) is 26.1. The van der Waals surface area contributed by atoms with Crippen LogP contribution >= 0.6 is 11.3 Å². The zero-order valence-electron chi connectivity index (χ0n) is 19.4. The van der Waals surface area contributed by atoms with Crippen LogP contribution in [-0.4, -0.2) is 43.5 Å². The summed E-state index contributed by atoms with van der Waals surface area (Å²) in [7, 11) is 0. The van der Waals surface area contributed by atoms with E-state index in [-0.39, 0.29) is 24.6 Å². The normalized spacial score (nSPS) is 10.6. The lowest BCUT2D eigenvalue weighted by atomic mass is 10.0. The minimum Gasteiger partial charge on any atom is -0.462 e. The SMILES string of the molecule is CCOC(=O)c1c(NC(=O)COC(=O)CNC(=O)CCC(C)C)sc(C)c1-c1ccccc1. The summed E-state index contributed by atoms with van der Waals surface area (Å²) in [5.41, 5.74) is 1.78. The van der Waals surface area contributed by atoms with E-state index in [4.69, 9.17) is 9.47 Å². The van der Waals surface area contributed by atoms with Gasteiger partial charge in [-0.3, -0.25) is 14.4 Å². The van der Waals surface area contributed by atoms with E-state index in [2.05, 4.69) is 10.6 Å². The van der Waals surface area contributed by atoms with Gasteiger partial charge in [0.25, 0.3) is 5.91 Å². The number of rotatable bonds is 11. The predicted octanol–water partition coefficient (Wildman–Crippen LogP) is 3.93. The number of aryl methyl sites for hydroxylation is 1. The number of nitrogens with one attached hydrogen (secondary N) is 2. The summed E-state index contributed by atoms with van der Waals surface area (Å²) in [5, 5.41) is 5.45. The monoisotopic (exact) mass is 474 g/mol. The maximum atomic E-state index is 12.7. The van der Waals surface area contributed by atoms with Gasteiger partial charge in [0.05, 0.1) is 6.61 Å². The van der Waals surface area contributed by atoms with Crippen LogP contribution in [-0.2, 0) is 23.9 Å². The van der Waals surface area contributed by atoms with Crippen LogP contribution in [0.5, 0.6) is 0 Å². The van der Waals surface area contributed by atoms with Crippen LogP contribution in [0, 0.1) is 12.8 Å². The predicted molar refractivity (Wildman–Crippen MR) is 127 cm³/mol. The molecule has 0 aliphatic rings. The van der Waals surface area contributed by atoms with Gasteiger partial charge < -0.3 is 20.1 Å². The highest BCUT2D eigenvalue weighted by Gasteiger charge is 2.25. The minimum atomic E-state index is -0.721. The first-order valence-electron chi connectivity index (χ1n) is 10.8. The van der Waals surface area contributed by atoms with Gasteiger partial charge in [-0.05, 0) is 31.7 Å². The largest absolute Gasteiger partial charge is 0.462 e. The average Bonchev–Trinajstić information content (AvgIpc) is 3.11. The fourth-order valence-corrected chi connectivity index (χ4v) is 4.10. The third-order valence-electron chi connectivity index (χ3n) is 4.62. The van der Waals surface area contributed by atoms with E-state index in [1.165, 1.54) is 11.3 Å². The van der Waals surface area contributed by atoms with Gasteiger partial charge in [-0.15, -0.1) is 11.3 Å². The molecule has 178 valence electrons. The van der Waals surface area contributed by atoms with Gasteiger partial charge in [0.1, 0.15) is 17.1 Å². The van der Waals surface area contributed by atoms with Gasteiger partial charge in [0.15, 0.2) is 6.61 Å². The van der Waals surface area contributed by atoms with Crippen molar-refractivity contribution >= 4 is 40.1 Å². The number of anilines is 1. The summed E-state index contributed by atoms with van der Waals surface area (Å²) in [4.78, 5) is 49.5. The molecule has 33 heavy (non-hydrogen) atoms. The van der Waals surface area contributed by atoms with Crippen molar-refractivity contribution in [3.8, 4) is 11.1 Å². The van der Waals surface area contributed by atoms with E-state index >= 15 is 0 Å². The highest BCUT2D eigenvalue weighted by molar-refractivity contribution is 7.17. The number of amides is 2. The van der Waals surface area contributed by atoms with Crippen molar-refractivity contribution in [2.75, 3.05) is 25.1 Å². The molecule has 2 aromatic rings. The van der Waals surface area contributed by atoms with E-state index in [0.717, 1.165) is 16.9 Å². The molecule has 0 aliphatic heterocycles. The number of esters is 2. The molecule has 0 atom stereocenters. The van der Waals surface area contributed by atoms with Crippen LogP contribution in [0.25, 0.3) is 11.1 Å². The summed E-state index contributed by atoms with van der Waals surface area (Å²) < 4.78 is 10.1. The Bertz CT molecular complexity index is 984. The Morgan fingerprint density at radius 2 is 1.73 bits per heavy atom. The molecule has 2 N–H and O–H groups in total. The molecule has 0 unspecified atom stereocenters. The number of hydrogen-bond donors (Lipinski definition) is 2. The highest BCUT2D eigenvalue weighted by atomic mass is 32.1.